The van der Waals surface area contributed by atoms with Crippen LogP contribution in [0.2, 0.25) is 0 Å². The van der Waals surface area contributed by atoms with Crippen molar-refractivity contribution in [1.82, 2.24) is 10.7 Å². The lowest BCUT2D eigenvalue weighted by molar-refractivity contribution is -0.192. The van der Waals surface area contributed by atoms with E-state index in [1.165, 1.54) is 24.1 Å². The Morgan fingerprint density at radius 3 is 2.55 bits per heavy atom. The van der Waals surface area contributed by atoms with Crippen molar-refractivity contribution in [2.24, 2.45) is 5.10 Å². The van der Waals surface area contributed by atoms with Crippen LogP contribution in [0.4, 0.5) is 24.5 Å². The number of fused-ring (bicyclic) bond motifs is 3. The fourth-order valence-corrected chi connectivity index (χ4v) is 3.56. The summed E-state index contributed by atoms with van der Waals surface area (Å²) in [5, 5.41) is 18.2. The number of nitrogens with zero attached hydrogens (tertiary/aromatic N) is 2. The smallest absolute Gasteiger partial charge is 0.483 e. The first-order chi connectivity index (χ1) is 14.6. The van der Waals surface area contributed by atoms with E-state index < -0.39 is 12.1 Å². The van der Waals surface area contributed by atoms with Crippen LogP contribution in [0.3, 0.4) is 0 Å². The van der Waals surface area contributed by atoms with Crippen molar-refractivity contribution in [1.29, 1.82) is 0 Å². The van der Waals surface area contributed by atoms with Crippen LogP contribution in [-0.4, -0.2) is 60.8 Å². The first-order valence-corrected chi connectivity index (χ1v) is 9.89. The second-order valence-electron chi connectivity index (χ2n) is 7.82. The predicted molar refractivity (Wildman–Crippen MR) is 105 cm³/mol. The summed E-state index contributed by atoms with van der Waals surface area (Å²) in [6.45, 7) is 4.28. The summed E-state index contributed by atoms with van der Waals surface area (Å²) < 4.78 is 37.7. The number of benzene rings is 1. The minimum atomic E-state index is -5.08. The van der Waals surface area contributed by atoms with Crippen molar-refractivity contribution in [3.63, 3.8) is 0 Å². The fraction of sp³-hybridized carbons (Fsp3) is 0.526. The normalized spacial score (nSPS) is 22.5. The van der Waals surface area contributed by atoms with Gasteiger partial charge in [0.1, 0.15) is 18.4 Å². The number of anilines is 2. The molecule has 1 amide bonds. The zero-order valence-corrected chi connectivity index (χ0v) is 16.6. The molecular formula is C19H22F3N5O4. The van der Waals surface area contributed by atoms with Crippen LogP contribution in [0.5, 0.6) is 5.75 Å². The van der Waals surface area contributed by atoms with Crippen LogP contribution in [-0.2, 0) is 9.59 Å². The Balaban J connectivity index is 0.000000289. The Bertz CT molecular complexity index is 928. The minimum absolute atomic E-state index is 0.0874. The number of amidine groups is 1. The van der Waals surface area contributed by atoms with E-state index in [0.29, 0.717) is 18.6 Å². The van der Waals surface area contributed by atoms with Crippen molar-refractivity contribution in [2.45, 2.75) is 43.9 Å². The highest BCUT2D eigenvalue weighted by atomic mass is 19.4. The van der Waals surface area contributed by atoms with Gasteiger partial charge < -0.3 is 25.4 Å². The molecule has 1 saturated heterocycles. The quantitative estimate of drug-likeness (QED) is 0.563. The lowest BCUT2D eigenvalue weighted by atomic mass is 10.0. The van der Waals surface area contributed by atoms with E-state index in [1.807, 2.05) is 11.8 Å². The van der Waals surface area contributed by atoms with Gasteiger partial charge in [-0.2, -0.15) is 18.3 Å². The standard InChI is InChI=1S/C17H21N5O2.C2HF3O2/c1-9-17(23)21-20-16-8-24-15-4-12(10-2-3-10)13(5-14(15)22(9)16)19-11-6-18-7-11;3-2(4,5)1(6)7/h4-5,9-11,18-19H,2-3,6-8H2,1H3,(H,21,23);(H,6,7)/t9-;/m1./s1. The molecule has 4 aliphatic rings. The largest absolute Gasteiger partial charge is 0.490 e. The molecule has 2 fully saturated rings. The monoisotopic (exact) mass is 441 g/mol. The maximum Gasteiger partial charge on any atom is 0.490 e. The zero-order valence-electron chi connectivity index (χ0n) is 16.6. The number of carboxylic acid groups (broad SMARTS) is 1. The van der Waals surface area contributed by atoms with Crippen LogP contribution in [0.25, 0.3) is 0 Å². The number of hydrogen-bond donors (Lipinski definition) is 4. The van der Waals surface area contributed by atoms with Crippen molar-refractivity contribution in [2.75, 3.05) is 29.9 Å². The summed E-state index contributed by atoms with van der Waals surface area (Å²) in [4.78, 5) is 22.9. The van der Waals surface area contributed by atoms with Gasteiger partial charge in [-0.05, 0) is 43.4 Å². The Hall–Kier alpha value is -3.02. The van der Waals surface area contributed by atoms with Crippen LogP contribution in [0.1, 0.15) is 31.2 Å². The maximum absolute atomic E-state index is 12.0. The van der Waals surface area contributed by atoms with Crippen LogP contribution in [0.15, 0.2) is 17.2 Å². The number of alkyl halides is 3. The van der Waals surface area contributed by atoms with Gasteiger partial charge in [-0.3, -0.25) is 4.79 Å². The van der Waals surface area contributed by atoms with E-state index in [2.05, 4.69) is 33.3 Å². The van der Waals surface area contributed by atoms with Gasteiger partial charge in [-0.25, -0.2) is 10.2 Å². The van der Waals surface area contributed by atoms with E-state index in [4.69, 9.17) is 14.6 Å². The number of rotatable bonds is 3. The summed E-state index contributed by atoms with van der Waals surface area (Å²) in [5.41, 5.74) is 6.02. The Morgan fingerprint density at radius 2 is 2.00 bits per heavy atom. The van der Waals surface area contributed by atoms with Crippen LogP contribution < -0.4 is 25.7 Å². The molecule has 31 heavy (non-hydrogen) atoms. The van der Waals surface area contributed by atoms with Crippen molar-refractivity contribution < 1.29 is 32.6 Å². The molecule has 1 atom stereocenters. The second kappa shape index (κ2) is 7.91. The number of aliphatic carboxylic acids is 1. The first kappa shape index (κ1) is 21.2. The molecule has 3 aliphatic heterocycles. The molecule has 9 nitrogen and oxygen atoms in total. The number of ether oxygens (including phenoxy) is 1. The predicted octanol–water partition coefficient (Wildman–Crippen LogP) is 1.61. The van der Waals surface area contributed by atoms with Crippen LogP contribution >= 0.6 is 0 Å². The highest BCUT2D eigenvalue weighted by Crippen LogP contribution is 2.48. The highest BCUT2D eigenvalue weighted by molar-refractivity contribution is 6.09. The molecule has 1 aromatic rings. The third-order valence-corrected chi connectivity index (χ3v) is 5.49. The van der Waals surface area contributed by atoms with Gasteiger partial charge in [0.2, 0.25) is 0 Å². The molecule has 4 N–H and O–H groups in total. The number of hydrogen-bond acceptors (Lipinski definition) is 7. The van der Waals surface area contributed by atoms with E-state index in [1.54, 1.807) is 0 Å². The highest BCUT2D eigenvalue weighted by Gasteiger charge is 2.39. The molecule has 0 aromatic heterocycles. The number of nitrogens with one attached hydrogen (secondary N) is 3. The molecule has 1 aliphatic carbocycles. The third-order valence-electron chi connectivity index (χ3n) is 5.49. The molecule has 3 heterocycles. The molecule has 5 rings (SSSR count). The third kappa shape index (κ3) is 4.38. The molecule has 0 spiro atoms. The molecular weight excluding hydrogens is 419 g/mol. The molecule has 1 aromatic carbocycles. The van der Waals surface area contributed by atoms with Crippen molar-refractivity contribution in [3.8, 4) is 5.75 Å². The number of carbonyl (C=O) groups is 2. The Morgan fingerprint density at radius 1 is 1.32 bits per heavy atom. The lowest BCUT2D eigenvalue weighted by Crippen LogP contribution is -2.55. The number of hydrazone groups is 1. The topological polar surface area (TPSA) is 115 Å². The molecule has 12 heteroatoms. The van der Waals surface area contributed by atoms with Gasteiger partial charge in [0.05, 0.1) is 11.7 Å². The Labute approximate surface area is 175 Å². The van der Waals surface area contributed by atoms with Gasteiger partial charge >= 0.3 is 12.1 Å². The van der Waals surface area contributed by atoms with E-state index in [-0.39, 0.29) is 11.9 Å². The first-order valence-electron chi connectivity index (χ1n) is 9.89. The molecule has 0 unspecified atom stereocenters. The summed E-state index contributed by atoms with van der Waals surface area (Å²) in [5.74, 6) is -0.602. The summed E-state index contributed by atoms with van der Waals surface area (Å²) in [6, 6.07) is 4.49. The van der Waals surface area contributed by atoms with Gasteiger partial charge in [0.25, 0.3) is 5.91 Å². The fourth-order valence-electron chi connectivity index (χ4n) is 3.56. The van der Waals surface area contributed by atoms with Gasteiger partial charge in [-0.1, -0.05) is 0 Å². The van der Waals surface area contributed by atoms with E-state index in [9.17, 15) is 18.0 Å². The maximum atomic E-state index is 12.0. The van der Waals surface area contributed by atoms with Gasteiger partial charge in [0.15, 0.2) is 5.84 Å². The Kier molecular flexibility index (Phi) is 5.42. The SMILES string of the molecule is C[C@@H]1C(=O)NN=C2COc3cc(C4CC4)c(NC4CNC4)cc3N21.O=C(O)C(F)(F)F. The number of carboxylic acids is 1. The van der Waals surface area contributed by atoms with Gasteiger partial charge in [0, 0.05) is 18.8 Å². The van der Waals surface area contributed by atoms with E-state index >= 15 is 0 Å². The molecule has 0 radical (unpaired) electrons. The zero-order chi connectivity index (χ0) is 22.3. The minimum Gasteiger partial charge on any atom is -0.483 e. The number of amides is 1. The number of halogens is 3. The number of carbonyl (C=O) groups excluding carboxylic acids is 1. The second-order valence-corrected chi connectivity index (χ2v) is 7.82. The average Bonchev–Trinajstić information content (AvgIpc) is 3.51. The summed E-state index contributed by atoms with van der Waals surface area (Å²) in [6.07, 6.45) is -2.60. The van der Waals surface area contributed by atoms with Crippen molar-refractivity contribution >= 4 is 29.1 Å². The summed E-state index contributed by atoms with van der Waals surface area (Å²) >= 11 is 0. The molecule has 0 bridgehead atoms. The molecule has 1 saturated carbocycles. The van der Waals surface area contributed by atoms with E-state index in [0.717, 1.165) is 30.4 Å². The molecule has 168 valence electrons. The van der Waals surface area contributed by atoms with Gasteiger partial charge in [-0.15, -0.1) is 0 Å². The average molecular weight is 441 g/mol. The summed E-state index contributed by atoms with van der Waals surface area (Å²) in [7, 11) is 0. The van der Waals surface area contributed by atoms with Crippen molar-refractivity contribution in [3.05, 3.63) is 17.7 Å². The van der Waals surface area contributed by atoms with Crippen LogP contribution in [0, 0.1) is 0 Å². The lowest BCUT2D eigenvalue weighted by Gasteiger charge is -2.39.